The molecule has 2 aromatic carbocycles. The Balaban J connectivity index is 1.96. The highest BCUT2D eigenvalue weighted by Gasteiger charge is 2.11. The summed E-state index contributed by atoms with van der Waals surface area (Å²) < 4.78 is 26.3. The van der Waals surface area contributed by atoms with Gasteiger partial charge in [0.2, 0.25) is 0 Å². The molecule has 0 aliphatic heterocycles. The van der Waals surface area contributed by atoms with Crippen LogP contribution in [0.2, 0.25) is 0 Å². The summed E-state index contributed by atoms with van der Waals surface area (Å²) in [7, 11) is 0. The van der Waals surface area contributed by atoms with Crippen LogP contribution in [-0.4, -0.2) is 12.5 Å². The second-order valence-corrected chi connectivity index (χ2v) is 3.97. The molecule has 2 aromatic rings. The molecule has 1 amide bonds. The first-order valence-electron chi connectivity index (χ1n) is 5.94. The maximum atomic E-state index is 13.3. The maximum absolute atomic E-state index is 13.3. The quantitative estimate of drug-likeness (QED) is 0.836. The van der Waals surface area contributed by atoms with E-state index in [0.717, 1.165) is 23.8 Å². The number of halogens is 2. The van der Waals surface area contributed by atoms with Crippen molar-refractivity contribution in [3.63, 3.8) is 0 Å². The van der Waals surface area contributed by atoms with E-state index in [1.165, 1.54) is 0 Å². The van der Waals surface area contributed by atoms with E-state index < -0.39 is 17.5 Å². The van der Waals surface area contributed by atoms with Crippen molar-refractivity contribution in [1.29, 1.82) is 0 Å². The van der Waals surface area contributed by atoms with Crippen LogP contribution in [-0.2, 0) is 0 Å². The molecule has 0 spiro atoms. The first kappa shape index (κ1) is 13.8. The third kappa shape index (κ3) is 3.66. The van der Waals surface area contributed by atoms with E-state index in [2.05, 4.69) is 17.2 Å². The van der Waals surface area contributed by atoms with E-state index >= 15 is 0 Å². The highest BCUT2D eigenvalue weighted by molar-refractivity contribution is 5.94. The zero-order valence-electron chi connectivity index (χ0n) is 10.5. The Morgan fingerprint density at radius 1 is 1.10 bits per heavy atom. The van der Waals surface area contributed by atoms with Crippen molar-refractivity contribution in [2.75, 3.05) is 6.54 Å². The van der Waals surface area contributed by atoms with Gasteiger partial charge in [0.15, 0.2) is 0 Å². The van der Waals surface area contributed by atoms with Crippen LogP contribution in [0.1, 0.15) is 15.9 Å². The van der Waals surface area contributed by atoms with Gasteiger partial charge in [-0.05, 0) is 30.3 Å². The third-order valence-corrected chi connectivity index (χ3v) is 2.52. The standard InChI is InChI=1S/C16H11F2NO/c17-13-8-9-15(18)14(11-13)16(20)19-10-4-7-12-5-2-1-3-6-12/h1-3,5-6,8-9,11H,10H2,(H,19,20). The minimum Gasteiger partial charge on any atom is -0.341 e. The van der Waals surface area contributed by atoms with E-state index in [1.54, 1.807) is 0 Å². The lowest BCUT2D eigenvalue weighted by Crippen LogP contribution is -2.24. The number of benzene rings is 2. The fraction of sp³-hybridized carbons (Fsp3) is 0.0625. The number of carbonyl (C=O) groups is 1. The van der Waals surface area contributed by atoms with Gasteiger partial charge in [-0.2, -0.15) is 0 Å². The molecule has 0 radical (unpaired) electrons. The van der Waals surface area contributed by atoms with Crippen molar-refractivity contribution in [3.05, 3.63) is 71.3 Å². The fourth-order valence-corrected chi connectivity index (χ4v) is 1.56. The Labute approximate surface area is 115 Å². The number of carbonyl (C=O) groups excluding carboxylic acids is 1. The first-order valence-corrected chi connectivity index (χ1v) is 5.94. The summed E-state index contributed by atoms with van der Waals surface area (Å²) in [6.07, 6.45) is 0. The lowest BCUT2D eigenvalue weighted by atomic mass is 10.2. The topological polar surface area (TPSA) is 29.1 Å². The fourth-order valence-electron chi connectivity index (χ4n) is 1.56. The zero-order chi connectivity index (χ0) is 14.4. The van der Waals surface area contributed by atoms with Gasteiger partial charge in [0.05, 0.1) is 12.1 Å². The summed E-state index contributed by atoms with van der Waals surface area (Å²) in [6, 6.07) is 12.0. The van der Waals surface area contributed by atoms with E-state index in [9.17, 15) is 13.6 Å². The molecule has 0 fully saturated rings. The van der Waals surface area contributed by atoms with Crippen molar-refractivity contribution < 1.29 is 13.6 Å². The molecule has 0 saturated heterocycles. The predicted octanol–water partition coefficient (Wildman–Crippen LogP) is 2.75. The van der Waals surface area contributed by atoms with Crippen molar-refractivity contribution in [2.24, 2.45) is 0 Å². The minimum absolute atomic E-state index is 0.0592. The Bertz CT molecular complexity index is 672. The molecular formula is C16H11F2NO. The largest absolute Gasteiger partial charge is 0.341 e. The maximum Gasteiger partial charge on any atom is 0.255 e. The lowest BCUT2D eigenvalue weighted by Gasteiger charge is -2.02. The summed E-state index contributed by atoms with van der Waals surface area (Å²) in [4.78, 5) is 11.6. The van der Waals surface area contributed by atoms with Crippen LogP contribution < -0.4 is 5.32 Å². The third-order valence-electron chi connectivity index (χ3n) is 2.52. The number of amides is 1. The summed E-state index contributed by atoms with van der Waals surface area (Å²) in [5.41, 5.74) is 0.491. The summed E-state index contributed by atoms with van der Waals surface area (Å²) in [5, 5.41) is 2.42. The molecule has 2 rings (SSSR count). The number of hydrogen-bond acceptors (Lipinski definition) is 1. The van der Waals surface area contributed by atoms with Gasteiger partial charge < -0.3 is 5.32 Å². The predicted molar refractivity (Wildman–Crippen MR) is 72.0 cm³/mol. The van der Waals surface area contributed by atoms with E-state index in [1.807, 2.05) is 30.3 Å². The van der Waals surface area contributed by atoms with Crippen LogP contribution in [0.4, 0.5) is 8.78 Å². The molecular weight excluding hydrogens is 260 g/mol. The second-order valence-electron chi connectivity index (χ2n) is 3.97. The molecule has 0 atom stereocenters. The van der Waals surface area contributed by atoms with Gasteiger partial charge in [0.1, 0.15) is 11.6 Å². The number of rotatable bonds is 2. The molecule has 0 aliphatic carbocycles. The zero-order valence-corrected chi connectivity index (χ0v) is 10.5. The summed E-state index contributed by atoms with van der Waals surface area (Å²) >= 11 is 0. The molecule has 0 aliphatic rings. The Kier molecular flexibility index (Phi) is 4.46. The molecule has 1 N–H and O–H groups in total. The summed E-state index contributed by atoms with van der Waals surface area (Å²) in [5.74, 6) is 3.47. The van der Waals surface area contributed by atoms with Gasteiger partial charge in [-0.25, -0.2) is 8.78 Å². The molecule has 2 nitrogen and oxygen atoms in total. The number of nitrogens with one attached hydrogen (secondary N) is 1. The molecule has 0 heterocycles. The van der Waals surface area contributed by atoms with Crippen molar-refractivity contribution in [3.8, 4) is 11.8 Å². The van der Waals surface area contributed by atoms with Crippen LogP contribution in [0.5, 0.6) is 0 Å². The molecule has 20 heavy (non-hydrogen) atoms. The highest BCUT2D eigenvalue weighted by Crippen LogP contribution is 2.09. The molecule has 0 saturated carbocycles. The van der Waals surface area contributed by atoms with Gasteiger partial charge in [-0.1, -0.05) is 30.0 Å². The van der Waals surface area contributed by atoms with Crippen molar-refractivity contribution in [2.45, 2.75) is 0 Å². The molecule has 100 valence electrons. The van der Waals surface area contributed by atoms with Crippen LogP contribution in [0.15, 0.2) is 48.5 Å². The van der Waals surface area contributed by atoms with Crippen molar-refractivity contribution in [1.82, 2.24) is 5.32 Å². The van der Waals surface area contributed by atoms with Crippen LogP contribution in [0.3, 0.4) is 0 Å². The van der Waals surface area contributed by atoms with Gasteiger partial charge >= 0.3 is 0 Å². The van der Waals surface area contributed by atoms with Gasteiger partial charge in [0, 0.05) is 5.56 Å². The molecule has 4 heteroatoms. The Morgan fingerprint density at radius 3 is 2.60 bits per heavy atom. The van der Waals surface area contributed by atoms with Crippen LogP contribution in [0.25, 0.3) is 0 Å². The van der Waals surface area contributed by atoms with Crippen molar-refractivity contribution >= 4 is 5.91 Å². The smallest absolute Gasteiger partial charge is 0.255 e. The lowest BCUT2D eigenvalue weighted by molar-refractivity contribution is 0.0954. The average molecular weight is 271 g/mol. The van der Waals surface area contributed by atoms with Gasteiger partial charge in [-0.3, -0.25) is 4.79 Å². The van der Waals surface area contributed by atoms with Gasteiger partial charge in [0.25, 0.3) is 5.91 Å². The normalized spacial score (nSPS) is 9.50. The highest BCUT2D eigenvalue weighted by atomic mass is 19.1. The Hall–Kier alpha value is -2.67. The second kappa shape index (κ2) is 6.48. The van der Waals surface area contributed by atoms with E-state index in [-0.39, 0.29) is 12.1 Å². The van der Waals surface area contributed by atoms with E-state index in [4.69, 9.17) is 0 Å². The molecule has 0 bridgehead atoms. The number of hydrogen-bond donors (Lipinski definition) is 1. The van der Waals surface area contributed by atoms with E-state index in [0.29, 0.717) is 0 Å². The first-order chi connectivity index (χ1) is 9.66. The van der Waals surface area contributed by atoms with Gasteiger partial charge in [-0.15, -0.1) is 0 Å². The SMILES string of the molecule is O=C(NCC#Cc1ccccc1)c1cc(F)ccc1F. The Morgan fingerprint density at radius 2 is 1.85 bits per heavy atom. The molecule has 0 aromatic heterocycles. The van der Waals surface area contributed by atoms with Crippen LogP contribution >= 0.6 is 0 Å². The average Bonchev–Trinajstić information content (AvgIpc) is 2.47. The monoisotopic (exact) mass is 271 g/mol. The summed E-state index contributed by atoms with van der Waals surface area (Å²) in [6.45, 7) is 0.0592. The minimum atomic E-state index is -0.764. The van der Waals surface area contributed by atoms with Crippen LogP contribution in [0, 0.1) is 23.5 Å². The molecule has 0 unspecified atom stereocenters.